The van der Waals surface area contributed by atoms with Crippen molar-refractivity contribution in [3.05, 3.63) is 33.8 Å². The first-order valence-electron chi connectivity index (χ1n) is 6.22. The van der Waals surface area contributed by atoms with Gasteiger partial charge in [0, 0.05) is 16.1 Å². The minimum absolute atomic E-state index is 0.521. The van der Waals surface area contributed by atoms with Crippen molar-refractivity contribution < 1.29 is 0 Å². The Morgan fingerprint density at radius 1 is 1.18 bits per heavy atom. The Morgan fingerprint density at radius 2 is 1.76 bits per heavy atom. The van der Waals surface area contributed by atoms with Crippen LogP contribution in [0.3, 0.4) is 0 Å². The third-order valence-electron chi connectivity index (χ3n) is 3.04. The van der Waals surface area contributed by atoms with Gasteiger partial charge in [0.1, 0.15) is 0 Å². The molecule has 0 amide bonds. The number of hydrogen-bond acceptors (Lipinski definition) is 1. The molecule has 1 nitrogen and oxygen atoms in total. The molecular formula is C14H21Cl2N. The third kappa shape index (κ3) is 4.50. The third-order valence-corrected chi connectivity index (χ3v) is 3.75. The molecule has 0 spiro atoms. The molecule has 0 fully saturated rings. The summed E-state index contributed by atoms with van der Waals surface area (Å²) in [5.41, 5.74) is 1.07. The molecule has 0 heterocycles. The van der Waals surface area contributed by atoms with Gasteiger partial charge in [-0.1, -0.05) is 50.0 Å². The molecule has 0 aliphatic carbocycles. The molecule has 1 rings (SSSR count). The highest BCUT2D eigenvalue weighted by molar-refractivity contribution is 6.35. The van der Waals surface area contributed by atoms with E-state index < -0.39 is 0 Å². The summed E-state index contributed by atoms with van der Waals surface area (Å²) in [6, 6.07) is 6.21. The molecule has 96 valence electrons. The predicted molar refractivity (Wildman–Crippen MR) is 77.1 cm³/mol. The molecule has 0 aliphatic rings. The Hall–Kier alpha value is -0.240. The Morgan fingerprint density at radius 3 is 2.24 bits per heavy atom. The summed E-state index contributed by atoms with van der Waals surface area (Å²) in [6.07, 6.45) is 1.99. The summed E-state index contributed by atoms with van der Waals surface area (Å²) in [7, 11) is 0. The average molecular weight is 274 g/mol. The zero-order valence-electron chi connectivity index (χ0n) is 10.8. The van der Waals surface area contributed by atoms with E-state index in [1.807, 2.05) is 18.2 Å². The second-order valence-electron chi connectivity index (χ2n) is 4.65. The van der Waals surface area contributed by atoms with Gasteiger partial charge in [-0.15, -0.1) is 0 Å². The zero-order chi connectivity index (χ0) is 12.8. The summed E-state index contributed by atoms with van der Waals surface area (Å²) < 4.78 is 0. The molecule has 17 heavy (non-hydrogen) atoms. The van der Waals surface area contributed by atoms with Crippen molar-refractivity contribution in [3.63, 3.8) is 0 Å². The van der Waals surface area contributed by atoms with Crippen LogP contribution in [0.1, 0.15) is 32.8 Å². The second kappa shape index (κ2) is 7.25. The molecule has 3 heteroatoms. The highest BCUT2D eigenvalue weighted by Gasteiger charge is 2.13. The lowest BCUT2D eigenvalue weighted by Gasteiger charge is -2.22. The second-order valence-corrected chi connectivity index (χ2v) is 5.46. The van der Waals surface area contributed by atoms with Gasteiger partial charge in [-0.3, -0.25) is 0 Å². The molecule has 0 aromatic heterocycles. The number of hydrogen-bond donors (Lipinski definition) is 1. The Kier molecular flexibility index (Phi) is 6.32. The first-order chi connectivity index (χ1) is 8.06. The molecule has 0 radical (unpaired) electrons. The Bertz CT molecular complexity index is 330. The SMILES string of the molecule is CCNC(CCc1c(Cl)cccc1Cl)C(C)C. The average Bonchev–Trinajstić information content (AvgIpc) is 2.26. The van der Waals surface area contributed by atoms with E-state index in [-0.39, 0.29) is 0 Å². The summed E-state index contributed by atoms with van der Waals surface area (Å²) in [6.45, 7) is 7.61. The van der Waals surface area contributed by atoms with Crippen LogP contribution in [-0.4, -0.2) is 12.6 Å². The van der Waals surface area contributed by atoms with Gasteiger partial charge in [0.15, 0.2) is 0 Å². The van der Waals surface area contributed by atoms with E-state index in [0.29, 0.717) is 12.0 Å². The van der Waals surface area contributed by atoms with Gasteiger partial charge in [0.05, 0.1) is 0 Å². The Balaban J connectivity index is 2.65. The lowest BCUT2D eigenvalue weighted by Crippen LogP contribution is -2.34. The van der Waals surface area contributed by atoms with Crippen molar-refractivity contribution in [2.45, 2.75) is 39.7 Å². The monoisotopic (exact) mass is 273 g/mol. The first kappa shape index (κ1) is 14.8. The van der Waals surface area contributed by atoms with Crippen molar-refractivity contribution in [3.8, 4) is 0 Å². The van der Waals surface area contributed by atoms with Crippen molar-refractivity contribution in [2.75, 3.05) is 6.54 Å². The van der Waals surface area contributed by atoms with Crippen LogP contribution >= 0.6 is 23.2 Å². The van der Waals surface area contributed by atoms with Crippen molar-refractivity contribution in [1.29, 1.82) is 0 Å². The maximum Gasteiger partial charge on any atom is 0.0452 e. The molecule has 1 aromatic rings. The maximum atomic E-state index is 6.16. The fourth-order valence-electron chi connectivity index (χ4n) is 2.00. The van der Waals surface area contributed by atoms with Gasteiger partial charge < -0.3 is 5.32 Å². The van der Waals surface area contributed by atoms with E-state index in [1.165, 1.54) is 0 Å². The van der Waals surface area contributed by atoms with Crippen LogP contribution in [0.4, 0.5) is 0 Å². The number of benzene rings is 1. The van der Waals surface area contributed by atoms with E-state index >= 15 is 0 Å². The van der Waals surface area contributed by atoms with E-state index in [0.717, 1.165) is 35.0 Å². The van der Waals surface area contributed by atoms with Crippen LogP contribution in [0.15, 0.2) is 18.2 Å². The van der Waals surface area contributed by atoms with Crippen LogP contribution in [0.2, 0.25) is 10.0 Å². The van der Waals surface area contributed by atoms with Crippen molar-refractivity contribution >= 4 is 23.2 Å². The van der Waals surface area contributed by atoms with Crippen molar-refractivity contribution in [1.82, 2.24) is 5.32 Å². The quantitative estimate of drug-likeness (QED) is 0.801. The van der Waals surface area contributed by atoms with Gasteiger partial charge in [-0.25, -0.2) is 0 Å². The maximum absolute atomic E-state index is 6.16. The van der Waals surface area contributed by atoms with Crippen LogP contribution in [0.5, 0.6) is 0 Å². The van der Waals surface area contributed by atoms with Gasteiger partial charge in [0.2, 0.25) is 0 Å². The highest BCUT2D eigenvalue weighted by Crippen LogP contribution is 2.26. The van der Waals surface area contributed by atoms with Crippen LogP contribution in [0.25, 0.3) is 0 Å². The molecule has 0 bridgehead atoms. The number of rotatable bonds is 6. The minimum atomic E-state index is 0.521. The molecule has 1 unspecified atom stereocenters. The van der Waals surface area contributed by atoms with Gasteiger partial charge in [-0.05, 0) is 43.0 Å². The summed E-state index contributed by atoms with van der Waals surface area (Å²) in [4.78, 5) is 0. The van der Waals surface area contributed by atoms with E-state index in [2.05, 4.69) is 26.1 Å². The van der Waals surface area contributed by atoms with Gasteiger partial charge in [0.25, 0.3) is 0 Å². The molecular weight excluding hydrogens is 253 g/mol. The number of halogens is 2. The number of nitrogens with one attached hydrogen (secondary N) is 1. The van der Waals surface area contributed by atoms with E-state index in [1.54, 1.807) is 0 Å². The normalized spacial score (nSPS) is 13.1. The molecule has 0 aliphatic heterocycles. The summed E-state index contributed by atoms with van der Waals surface area (Å²) in [5, 5.41) is 5.05. The van der Waals surface area contributed by atoms with Crippen LogP contribution in [-0.2, 0) is 6.42 Å². The summed E-state index contributed by atoms with van der Waals surface area (Å²) in [5.74, 6) is 0.621. The van der Waals surface area contributed by atoms with Gasteiger partial charge >= 0.3 is 0 Å². The van der Waals surface area contributed by atoms with Crippen LogP contribution < -0.4 is 5.32 Å². The fourth-order valence-corrected chi connectivity index (χ4v) is 2.59. The van der Waals surface area contributed by atoms with Crippen LogP contribution in [0, 0.1) is 5.92 Å². The van der Waals surface area contributed by atoms with E-state index in [9.17, 15) is 0 Å². The lowest BCUT2D eigenvalue weighted by molar-refractivity contribution is 0.385. The largest absolute Gasteiger partial charge is 0.314 e. The molecule has 0 saturated carbocycles. The zero-order valence-corrected chi connectivity index (χ0v) is 12.3. The fraction of sp³-hybridized carbons (Fsp3) is 0.571. The standard InChI is InChI=1S/C14H21Cl2N/c1-4-17-14(10(2)3)9-8-11-12(15)6-5-7-13(11)16/h5-7,10,14,17H,4,8-9H2,1-3H3. The summed E-state index contributed by atoms with van der Waals surface area (Å²) >= 11 is 12.3. The van der Waals surface area contributed by atoms with Gasteiger partial charge in [-0.2, -0.15) is 0 Å². The molecule has 1 atom stereocenters. The predicted octanol–water partition coefficient (Wildman–Crippen LogP) is 4.56. The molecule has 1 aromatic carbocycles. The first-order valence-corrected chi connectivity index (χ1v) is 6.98. The minimum Gasteiger partial charge on any atom is -0.314 e. The molecule has 1 N–H and O–H groups in total. The lowest BCUT2D eigenvalue weighted by atomic mass is 9.96. The van der Waals surface area contributed by atoms with E-state index in [4.69, 9.17) is 23.2 Å². The smallest absolute Gasteiger partial charge is 0.0452 e. The topological polar surface area (TPSA) is 12.0 Å². The Labute approximate surface area is 115 Å². The molecule has 0 saturated heterocycles. The highest BCUT2D eigenvalue weighted by atomic mass is 35.5. The van der Waals surface area contributed by atoms with Crippen molar-refractivity contribution in [2.24, 2.45) is 5.92 Å².